The molecule has 0 radical (unpaired) electrons. The minimum Gasteiger partial charge on any atom is -0.312 e. The van der Waals surface area contributed by atoms with Crippen LogP contribution < -0.4 is 5.32 Å². The van der Waals surface area contributed by atoms with E-state index in [0.717, 1.165) is 23.3 Å². The lowest BCUT2D eigenvalue weighted by Crippen LogP contribution is -2.44. The summed E-state index contributed by atoms with van der Waals surface area (Å²) in [6.07, 6.45) is 0. The van der Waals surface area contributed by atoms with Gasteiger partial charge >= 0.3 is 0 Å². The summed E-state index contributed by atoms with van der Waals surface area (Å²) in [4.78, 5) is 0. The Bertz CT molecular complexity index is 301. The fourth-order valence-electron chi connectivity index (χ4n) is 1.44. The van der Waals surface area contributed by atoms with Crippen molar-refractivity contribution < 1.29 is 0 Å². The minimum absolute atomic E-state index is 0.565. The Morgan fingerprint density at radius 3 is 2.50 bits per heavy atom. The molecule has 3 nitrogen and oxygen atoms in total. The van der Waals surface area contributed by atoms with Crippen LogP contribution in [0.3, 0.4) is 0 Å². The van der Waals surface area contributed by atoms with E-state index in [4.69, 9.17) is 0 Å². The van der Waals surface area contributed by atoms with Crippen LogP contribution in [0.2, 0.25) is 0 Å². The zero-order valence-electron chi connectivity index (χ0n) is 7.26. The average molecular weight is 230 g/mol. The summed E-state index contributed by atoms with van der Waals surface area (Å²) in [5.41, 5.74) is 2.32. The lowest BCUT2D eigenvalue weighted by atomic mass is 10.2. The molecule has 1 aromatic rings. The van der Waals surface area contributed by atoms with E-state index in [9.17, 15) is 0 Å². The lowest BCUT2D eigenvalue weighted by molar-refractivity contribution is 0.312. The van der Waals surface area contributed by atoms with Crippen LogP contribution in [0.1, 0.15) is 17.4 Å². The molecule has 1 saturated heterocycles. The molecular weight excluding hydrogens is 218 g/mol. The van der Waals surface area contributed by atoms with Crippen molar-refractivity contribution >= 4 is 15.9 Å². The molecule has 0 amide bonds. The third-order valence-corrected chi connectivity index (χ3v) is 3.49. The van der Waals surface area contributed by atoms with Crippen LogP contribution in [0.25, 0.3) is 0 Å². The number of rotatable bonds is 1. The molecule has 1 aliphatic heterocycles. The van der Waals surface area contributed by atoms with Crippen LogP contribution in [0.5, 0.6) is 0 Å². The van der Waals surface area contributed by atoms with E-state index in [2.05, 4.69) is 38.0 Å². The van der Waals surface area contributed by atoms with E-state index in [1.165, 1.54) is 5.69 Å². The molecule has 1 aliphatic rings. The van der Waals surface area contributed by atoms with E-state index < -0.39 is 0 Å². The molecule has 1 aromatic heterocycles. The number of nitrogens with zero attached hydrogens (tertiary/aromatic N) is 2. The predicted octanol–water partition coefficient (Wildman–Crippen LogP) is 1.41. The highest BCUT2D eigenvalue weighted by Gasteiger charge is 2.22. The minimum atomic E-state index is 0.565. The van der Waals surface area contributed by atoms with Gasteiger partial charge in [-0.05, 0) is 29.8 Å². The van der Waals surface area contributed by atoms with Crippen molar-refractivity contribution in [2.75, 3.05) is 13.1 Å². The van der Waals surface area contributed by atoms with Gasteiger partial charge in [-0.2, -0.15) is 5.10 Å². The monoisotopic (exact) mass is 229 g/mol. The van der Waals surface area contributed by atoms with Gasteiger partial charge in [0.05, 0.1) is 21.9 Å². The SMILES string of the molecule is Cc1nn(C2CNC2)c(C)c1Br. The standard InChI is InChI=1S/C8H12BrN3/c1-5-8(9)6(2)12(11-5)7-3-10-4-7/h7,10H,3-4H2,1-2H3. The van der Waals surface area contributed by atoms with E-state index in [1.807, 2.05) is 6.92 Å². The third kappa shape index (κ3) is 1.10. The van der Waals surface area contributed by atoms with E-state index in [1.54, 1.807) is 0 Å². The van der Waals surface area contributed by atoms with Crippen molar-refractivity contribution in [3.8, 4) is 0 Å². The molecule has 2 heterocycles. The molecule has 2 rings (SSSR count). The van der Waals surface area contributed by atoms with E-state index in [-0.39, 0.29) is 0 Å². The zero-order valence-corrected chi connectivity index (χ0v) is 8.85. The number of hydrogen-bond donors (Lipinski definition) is 1. The first-order valence-corrected chi connectivity index (χ1v) is 4.91. The Morgan fingerprint density at radius 1 is 1.50 bits per heavy atom. The van der Waals surface area contributed by atoms with E-state index >= 15 is 0 Å². The molecule has 0 bridgehead atoms. The topological polar surface area (TPSA) is 29.9 Å². The Labute approximate surface area is 80.3 Å². The maximum Gasteiger partial charge on any atom is 0.0771 e. The van der Waals surface area contributed by atoms with Gasteiger partial charge in [-0.1, -0.05) is 0 Å². The first-order valence-electron chi connectivity index (χ1n) is 4.12. The summed E-state index contributed by atoms with van der Waals surface area (Å²) in [6, 6.07) is 0.565. The maximum atomic E-state index is 4.46. The average Bonchev–Trinajstić information content (AvgIpc) is 2.15. The van der Waals surface area contributed by atoms with Gasteiger partial charge in [-0.3, -0.25) is 4.68 Å². The normalized spacial score (nSPS) is 17.9. The molecule has 0 aliphatic carbocycles. The highest BCUT2D eigenvalue weighted by atomic mass is 79.9. The molecule has 1 fully saturated rings. The first-order chi connectivity index (χ1) is 5.70. The van der Waals surface area contributed by atoms with Crippen molar-refractivity contribution in [1.29, 1.82) is 0 Å². The Morgan fingerprint density at radius 2 is 2.17 bits per heavy atom. The molecule has 4 heteroatoms. The first kappa shape index (κ1) is 8.26. The summed E-state index contributed by atoms with van der Waals surface area (Å²) >= 11 is 3.52. The number of halogens is 1. The second-order valence-electron chi connectivity index (χ2n) is 3.24. The summed E-state index contributed by atoms with van der Waals surface area (Å²) in [5, 5.41) is 7.70. The Kier molecular flexibility index (Phi) is 1.96. The van der Waals surface area contributed by atoms with Crippen LogP contribution in [-0.2, 0) is 0 Å². The smallest absolute Gasteiger partial charge is 0.0771 e. The second kappa shape index (κ2) is 2.85. The van der Waals surface area contributed by atoms with Gasteiger partial charge in [-0.15, -0.1) is 0 Å². The van der Waals surface area contributed by atoms with Gasteiger partial charge in [0.15, 0.2) is 0 Å². The fourth-order valence-corrected chi connectivity index (χ4v) is 1.71. The molecule has 0 atom stereocenters. The molecular formula is C8H12BrN3. The van der Waals surface area contributed by atoms with E-state index in [0.29, 0.717) is 6.04 Å². The van der Waals surface area contributed by atoms with Gasteiger partial charge < -0.3 is 5.32 Å². The Balaban J connectivity index is 2.36. The molecule has 0 aromatic carbocycles. The number of hydrogen-bond acceptors (Lipinski definition) is 2. The summed E-state index contributed by atoms with van der Waals surface area (Å²) in [5.74, 6) is 0. The van der Waals surface area contributed by atoms with Crippen molar-refractivity contribution in [3.05, 3.63) is 15.9 Å². The number of aromatic nitrogens is 2. The zero-order chi connectivity index (χ0) is 8.72. The summed E-state index contributed by atoms with van der Waals surface area (Å²) in [7, 11) is 0. The lowest BCUT2D eigenvalue weighted by Gasteiger charge is -2.28. The van der Waals surface area contributed by atoms with Crippen LogP contribution in [0, 0.1) is 13.8 Å². The van der Waals surface area contributed by atoms with Crippen LogP contribution in [0.15, 0.2) is 4.47 Å². The molecule has 1 N–H and O–H groups in total. The number of nitrogens with one attached hydrogen (secondary N) is 1. The Hall–Kier alpha value is -0.350. The van der Waals surface area contributed by atoms with Crippen LogP contribution in [0.4, 0.5) is 0 Å². The largest absolute Gasteiger partial charge is 0.312 e. The highest BCUT2D eigenvalue weighted by Crippen LogP contribution is 2.23. The van der Waals surface area contributed by atoms with Crippen LogP contribution in [-0.4, -0.2) is 22.9 Å². The van der Waals surface area contributed by atoms with Gasteiger partial charge in [0.25, 0.3) is 0 Å². The fraction of sp³-hybridized carbons (Fsp3) is 0.625. The summed E-state index contributed by atoms with van der Waals surface area (Å²) < 4.78 is 3.25. The predicted molar refractivity (Wildman–Crippen MR) is 51.3 cm³/mol. The molecule has 0 unspecified atom stereocenters. The second-order valence-corrected chi connectivity index (χ2v) is 4.03. The van der Waals surface area contributed by atoms with Gasteiger partial charge in [0, 0.05) is 13.1 Å². The van der Waals surface area contributed by atoms with Crippen molar-refractivity contribution in [2.24, 2.45) is 0 Å². The van der Waals surface area contributed by atoms with Crippen molar-refractivity contribution in [2.45, 2.75) is 19.9 Å². The van der Waals surface area contributed by atoms with Crippen molar-refractivity contribution in [1.82, 2.24) is 15.1 Å². The third-order valence-electron chi connectivity index (χ3n) is 2.34. The van der Waals surface area contributed by atoms with Crippen LogP contribution >= 0.6 is 15.9 Å². The molecule has 0 spiro atoms. The molecule has 66 valence electrons. The highest BCUT2D eigenvalue weighted by molar-refractivity contribution is 9.10. The molecule has 12 heavy (non-hydrogen) atoms. The van der Waals surface area contributed by atoms with Crippen molar-refractivity contribution in [3.63, 3.8) is 0 Å². The van der Waals surface area contributed by atoms with Gasteiger partial charge in [0.1, 0.15) is 0 Å². The van der Waals surface area contributed by atoms with Gasteiger partial charge in [0.2, 0.25) is 0 Å². The number of aryl methyl sites for hydroxylation is 1. The van der Waals surface area contributed by atoms with Gasteiger partial charge in [-0.25, -0.2) is 0 Å². The maximum absolute atomic E-state index is 4.46. The quantitative estimate of drug-likeness (QED) is 0.790. The summed E-state index contributed by atoms with van der Waals surface area (Å²) in [6.45, 7) is 6.23. The molecule has 0 saturated carbocycles.